The second-order valence-electron chi connectivity index (χ2n) is 3.58. The van der Waals surface area contributed by atoms with Gasteiger partial charge in [0.2, 0.25) is 6.41 Å². The topological polar surface area (TPSA) is 31.2 Å². The van der Waals surface area contributed by atoms with E-state index in [4.69, 9.17) is 4.74 Å². The molecule has 0 atom stereocenters. The Labute approximate surface area is 99.4 Å². The van der Waals surface area contributed by atoms with E-state index < -0.39 is 0 Å². The van der Waals surface area contributed by atoms with Crippen LogP contribution in [0.1, 0.15) is 11.3 Å². The monoisotopic (exact) mass is 235 g/mol. The van der Waals surface area contributed by atoms with Crippen molar-refractivity contribution in [3.63, 3.8) is 0 Å². The molecular weight excluding hydrogens is 222 g/mol. The minimum absolute atomic E-state index is 0.607. The number of ether oxygens (including phenoxy) is 1. The van der Waals surface area contributed by atoms with E-state index in [0.717, 1.165) is 34.3 Å². The number of fused-ring (bicyclic) bond motifs is 1. The predicted octanol–water partition coefficient (Wildman–Crippen LogP) is 2.43. The molecule has 0 saturated carbocycles. The minimum Gasteiger partial charge on any atom is -0.497 e. The van der Waals surface area contributed by atoms with Crippen LogP contribution in [0.3, 0.4) is 0 Å². The van der Waals surface area contributed by atoms with Crippen molar-refractivity contribution in [2.75, 3.05) is 7.11 Å². The molecule has 0 radical (unpaired) electrons. The number of nitrogens with zero attached hydrogens (tertiary/aromatic N) is 1. The molecule has 0 amide bonds. The number of thiol groups is 1. The van der Waals surface area contributed by atoms with Crippen LogP contribution < -0.4 is 4.74 Å². The molecule has 1 heterocycles. The van der Waals surface area contributed by atoms with Gasteiger partial charge in [-0.05, 0) is 30.7 Å². The standard InChI is InChI=1S/C12H13NO2S/c1-8-11(6-16)10-5-9(15-2)3-4-12(10)13(8)7-14/h3-5,7,16H,6H2,1-2H3. The first kappa shape index (κ1) is 11.1. The average molecular weight is 235 g/mol. The number of carbonyl (C=O) groups is 1. The fourth-order valence-electron chi connectivity index (χ4n) is 1.95. The average Bonchev–Trinajstić information content (AvgIpc) is 2.59. The Morgan fingerprint density at radius 1 is 1.50 bits per heavy atom. The third-order valence-corrected chi connectivity index (χ3v) is 3.17. The van der Waals surface area contributed by atoms with Gasteiger partial charge in [0.05, 0.1) is 12.6 Å². The zero-order valence-corrected chi connectivity index (χ0v) is 10.1. The third-order valence-electron chi connectivity index (χ3n) is 2.85. The predicted molar refractivity (Wildman–Crippen MR) is 68.1 cm³/mol. The molecule has 1 aromatic heterocycles. The van der Waals surface area contributed by atoms with Gasteiger partial charge in [0.25, 0.3) is 0 Å². The van der Waals surface area contributed by atoms with Crippen molar-refractivity contribution in [1.29, 1.82) is 0 Å². The highest BCUT2D eigenvalue weighted by atomic mass is 32.1. The molecule has 3 nitrogen and oxygen atoms in total. The summed E-state index contributed by atoms with van der Waals surface area (Å²) in [7, 11) is 1.63. The lowest BCUT2D eigenvalue weighted by molar-refractivity contribution is 0.415. The van der Waals surface area contributed by atoms with E-state index in [1.807, 2.05) is 25.1 Å². The lowest BCUT2D eigenvalue weighted by atomic mass is 10.1. The molecule has 0 saturated heterocycles. The zero-order valence-electron chi connectivity index (χ0n) is 9.23. The normalized spacial score (nSPS) is 10.7. The van der Waals surface area contributed by atoms with Crippen LogP contribution in [0, 0.1) is 6.92 Å². The summed E-state index contributed by atoms with van der Waals surface area (Å²) < 4.78 is 6.82. The Balaban J connectivity index is 2.83. The van der Waals surface area contributed by atoms with Crippen LogP contribution in [0.25, 0.3) is 10.9 Å². The summed E-state index contributed by atoms with van der Waals surface area (Å²) in [5.74, 6) is 1.40. The quantitative estimate of drug-likeness (QED) is 0.654. The molecule has 0 spiro atoms. The fraction of sp³-hybridized carbons (Fsp3) is 0.250. The van der Waals surface area contributed by atoms with E-state index in [1.54, 1.807) is 11.7 Å². The highest BCUT2D eigenvalue weighted by Gasteiger charge is 2.12. The molecule has 0 N–H and O–H groups in total. The van der Waals surface area contributed by atoms with E-state index in [-0.39, 0.29) is 0 Å². The maximum absolute atomic E-state index is 11.0. The first-order chi connectivity index (χ1) is 7.72. The number of rotatable bonds is 3. The van der Waals surface area contributed by atoms with Gasteiger partial charge in [0, 0.05) is 16.8 Å². The number of hydrogen-bond donors (Lipinski definition) is 1. The Bertz CT molecular complexity index is 545. The first-order valence-corrected chi connectivity index (χ1v) is 5.59. The molecule has 2 rings (SSSR count). The van der Waals surface area contributed by atoms with E-state index >= 15 is 0 Å². The van der Waals surface area contributed by atoms with Gasteiger partial charge in [0.15, 0.2) is 0 Å². The number of hydrogen-bond acceptors (Lipinski definition) is 3. The maximum atomic E-state index is 11.0. The van der Waals surface area contributed by atoms with Crippen LogP contribution in [-0.4, -0.2) is 18.1 Å². The molecule has 0 unspecified atom stereocenters. The number of aromatic nitrogens is 1. The van der Waals surface area contributed by atoms with Crippen molar-refractivity contribution < 1.29 is 9.53 Å². The first-order valence-electron chi connectivity index (χ1n) is 4.96. The summed E-state index contributed by atoms with van der Waals surface area (Å²) in [6.45, 7) is 1.92. The van der Waals surface area contributed by atoms with Crippen LogP contribution in [0.5, 0.6) is 5.75 Å². The van der Waals surface area contributed by atoms with Crippen molar-refractivity contribution >= 4 is 29.9 Å². The molecule has 0 fully saturated rings. The summed E-state index contributed by atoms with van der Waals surface area (Å²) in [5.41, 5.74) is 2.91. The molecule has 0 aliphatic rings. The second kappa shape index (κ2) is 4.22. The van der Waals surface area contributed by atoms with E-state index in [9.17, 15) is 4.79 Å². The fourth-order valence-corrected chi connectivity index (χ4v) is 2.35. The third kappa shape index (κ3) is 1.50. The van der Waals surface area contributed by atoms with E-state index in [0.29, 0.717) is 5.75 Å². The van der Waals surface area contributed by atoms with Crippen LogP contribution in [0.15, 0.2) is 18.2 Å². The van der Waals surface area contributed by atoms with Crippen LogP contribution >= 0.6 is 12.6 Å². The molecule has 0 bridgehead atoms. The molecule has 1 aromatic carbocycles. The van der Waals surface area contributed by atoms with Crippen molar-refractivity contribution in [2.24, 2.45) is 0 Å². The highest BCUT2D eigenvalue weighted by molar-refractivity contribution is 7.79. The second-order valence-corrected chi connectivity index (χ2v) is 3.90. The zero-order chi connectivity index (χ0) is 11.7. The van der Waals surface area contributed by atoms with Gasteiger partial charge in [0.1, 0.15) is 5.75 Å². The van der Waals surface area contributed by atoms with Gasteiger partial charge >= 0.3 is 0 Å². The summed E-state index contributed by atoms with van der Waals surface area (Å²) in [4.78, 5) is 11.0. The van der Waals surface area contributed by atoms with Gasteiger partial charge < -0.3 is 4.74 Å². The molecule has 2 aromatic rings. The molecule has 0 aliphatic carbocycles. The molecule has 4 heteroatoms. The van der Waals surface area contributed by atoms with Crippen molar-refractivity contribution in [3.05, 3.63) is 29.5 Å². The molecule has 16 heavy (non-hydrogen) atoms. The molecule has 84 valence electrons. The SMILES string of the molecule is COc1ccc2c(c1)c(CS)c(C)n2C=O. The van der Waals surface area contributed by atoms with Crippen LogP contribution in [0.4, 0.5) is 0 Å². The number of methoxy groups -OCH3 is 1. The lowest BCUT2D eigenvalue weighted by Gasteiger charge is -2.00. The van der Waals surface area contributed by atoms with Gasteiger partial charge in [-0.2, -0.15) is 12.6 Å². The van der Waals surface area contributed by atoms with Crippen molar-refractivity contribution in [3.8, 4) is 5.75 Å². The van der Waals surface area contributed by atoms with Gasteiger partial charge in [-0.25, -0.2) is 0 Å². The summed E-state index contributed by atoms with van der Waals surface area (Å²) in [6, 6.07) is 5.68. The van der Waals surface area contributed by atoms with E-state index in [2.05, 4.69) is 12.6 Å². The Morgan fingerprint density at radius 3 is 2.81 bits per heavy atom. The van der Waals surface area contributed by atoms with Crippen LogP contribution in [0.2, 0.25) is 0 Å². The summed E-state index contributed by atoms with van der Waals surface area (Å²) in [5, 5.41) is 1.03. The van der Waals surface area contributed by atoms with Gasteiger partial charge in [-0.1, -0.05) is 0 Å². The van der Waals surface area contributed by atoms with E-state index in [1.165, 1.54) is 0 Å². The Hall–Kier alpha value is -1.42. The summed E-state index contributed by atoms with van der Waals surface area (Å²) in [6.07, 6.45) is 0.830. The summed E-state index contributed by atoms with van der Waals surface area (Å²) >= 11 is 4.30. The molecular formula is C12H13NO2S. The largest absolute Gasteiger partial charge is 0.497 e. The van der Waals surface area contributed by atoms with Crippen molar-refractivity contribution in [1.82, 2.24) is 4.57 Å². The van der Waals surface area contributed by atoms with Gasteiger partial charge in [-0.15, -0.1) is 0 Å². The Morgan fingerprint density at radius 2 is 2.25 bits per heavy atom. The maximum Gasteiger partial charge on any atom is 0.218 e. The van der Waals surface area contributed by atoms with Gasteiger partial charge in [-0.3, -0.25) is 9.36 Å². The lowest BCUT2D eigenvalue weighted by Crippen LogP contribution is -1.97. The molecule has 0 aliphatic heterocycles. The number of carbonyl (C=O) groups excluding carboxylic acids is 1. The smallest absolute Gasteiger partial charge is 0.218 e. The van der Waals surface area contributed by atoms with Crippen LogP contribution in [-0.2, 0) is 10.5 Å². The minimum atomic E-state index is 0.607. The number of benzene rings is 1. The highest BCUT2D eigenvalue weighted by Crippen LogP contribution is 2.29. The Kier molecular flexibility index (Phi) is 2.92. The van der Waals surface area contributed by atoms with Crippen molar-refractivity contribution in [2.45, 2.75) is 12.7 Å².